The lowest BCUT2D eigenvalue weighted by Crippen LogP contribution is -2.52. The number of nitrogens with one attached hydrogen (secondary N) is 2. The van der Waals surface area contributed by atoms with Crippen LogP contribution in [0.5, 0.6) is 0 Å². The predicted octanol–water partition coefficient (Wildman–Crippen LogP) is 2.43. The van der Waals surface area contributed by atoms with Crippen LogP contribution >= 0.6 is 11.6 Å². The lowest BCUT2D eigenvalue weighted by Gasteiger charge is -2.32. The lowest BCUT2D eigenvalue weighted by molar-refractivity contribution is -0.122. The molecule has 2 amide bonds. The van der Waals surface area contributed by atoms with Crippen molar-refractivity contribution >= 4 is 34.8 Å². The highest BCUT2D eigenvalue weighted by Gasteiger charge is 2.35. The fraction of sp³-hybridized carbons (Fsp3) is 0.467. The largest absolute Gasteiger partial charge is 0.325 e. The van der Waals surface area contributed by atoms with Crippen LogP contribution in [-0.2, 0) is 16.0 Å². The fourth-order valence-electron chi connectivity index (χ4n) is 3.00. The molecule has 1 saturated carbocycles. The standard InChI is InChI=1S/C15H18ClN3O2/c16-10-8-11-9(7-13(20)18-11)6-12(10)19-14(21)15(17)4-2-1-3-5-15/h6,8H,1-5,7,17H2,(H,18,20)(H,19,21). The Morgan fingerprint density at radius 1 is 1.29 bits per heavy atom. The minimum atomic E-state index is -0.811. The quantitative estimate of drug-likeness (QED) is 0.784. The molecule has 1 aromatic rings. The number of fused-ring (bicyclic) bond motifs is 1. The number of benzene rings is 1. The molecule has 3 rings (SSSR count). The van der Waals surface area contributed by atoms with Gasteiger partial charge < -0.3 is 16.4 Å². The SMILES string of the molecule is NC1(C(=O)Nc2cc3c(cc2Cl)NC(=O)C3)CCCCC1. The van der Waals surface area contributed by atoms with Crippen molar-refractivity contribution in [1.29, 1.82) is 0 Å². The van der Waals surface area contributed by atoms with Crippen molar-refractivity contribution in [3.63, 3.8) is 0 Å². The summed E-state index contributed by atoms with van der Waals surface area (Å²) in [5.74, 6) is -0.256. The zero-order chi connectivity index (χ0) is 15.0. The Morgan fingerprint density at radius 3 is 2.71 bits per heavy atom. The van der Waals surface area contributed by atoms with Gasteiger partial charge in [-0.05, 0) is 30.5 Å². The van der Waals surface area contributed by atoms with Crippen molar-refractivity contribution in [2.24, 2.45) is 5.73 Å². The van der Waals surface area contributed by atoms with Crippen molar-refractivity contribution in [2.75, 3.05) is 10.6 Å². The van der Waals surface area contributed by atoms with Crippen LogP contribution in [0.4, 0.5) is 11.4 Å². The molecule has 1 aliphatic heterocycles. The topological polar surface area (TPSA) is 84.2 Å². The van der Waals surface area contributed by atoms with Gasteiger partial charge in [-0.3, -0.25) is 9.59 Å². The molecule has 6 heteroatoms. The van der Waals surface area contributed by atoms with Crippen LogP contribution in [0.15, 0.2) is 12.1 Å². The summed E-state index contributed by atoms with van der Waals surface area (Å²) in [7, 11) is 0. The highest BCUT2D eigenvalue weighted by Crippen LogP contribution is 2.34. The molecule has 4 N–H and O–H groups in total. The van der Waals surface area contributed by atoms with E-state index in [2.05, 4.69) is 10.6 Å². The van der Waals surface area contributed by atoms with E-state index in [1.165, 1.54) is 0 Å². The predicted molar refractivity (Wildman–Crippen MR) is 82.4 cm³/mol. The first-order valence-electron chi connectivity index (χ1n) is 7.20. The second kappa shape index (κ2) is 5.31. The first-order valence-corrected chi connectivity index (χ1v) is 7.58. The van der Waals surface area contributed by atoms with Crippen LogP contribution in [-0.4, -0.2) is 17.4 Å². The maximum absolute atomic E-state index is 12.4. The van der Waals surface area contributed by atoms with E-state index in [1.54, 1.807) is 12.1 Å². The molecule has 5 nitrogen and oxygen atoms in total. The van der Waals surface area contributed by atoms with E-state index >= 15 is 0 Å². The van der Waals surface area contributed by atoms with Gasteiger partial charge in [0.1, 0.15) is 0 Å². The number of hydrogen-bond acceptors (Lipinski definition) is 3. The van der Waals surface area contributed by atoms with Crippen LogP contribution in [0, 0.1) is 0 Å². The summed E-state index contributed by atoms with van der Waals surface area (Å²) < 4.78 is 0. The molecule has 112 valence electrons. The van der Waals surface area contributed by atoms with E-state index in [0.29, 0.717) is 35.7 Å². The summed E-state index contributed by atoms with van der Waals surface area (Å²) >= 11 is 6.18. The van der Waals surface area contributed by atoms with Gasteiger partial charge in [-0.15, -0.1) is 0 Å². The second-order valence-electron chi connectivity index (χ2n) is 5.89. The van der Waals surface area contributed by atoms with Crippen molar-refractivity contribution in [2.45, 2.75) is 44.1 Å². The smallest absolute Gasteiger partial charge is 0.244 e. The fourth-order valence-corrected chi connectivity index (χ4v) is 3.21. The molecule has 1 aliphatic carbocycles. The molecular formula is C15H18ClN3O2. The number of carbonyl (C=O) groups excluding carboxylic acids is 2. The molecule has 2 aliphatic rings. The number of nitrogens with two attached hydrogens (primary N) is 1. The summed E-state index contributed by atoms with van der Waals surface area (Å²) in [5.41, 5.74) is 7.48. The monoisotopic (exact) mass is 307 g/mol. The van der Waals surface area contributed by atoms with Gasteiger partial charge in [0.2, 0.25) is 11.8 Å². The van der Waals surface area contributed by atoms with Crippen LogP contribution in [0.1, 0.15) is 37.7 Å². The van der Waals surface area contributed by atoms with E-state index in [0.717, 1.165) is 24.8 Å². The number of anilines is 2. The molecule has 1 heterocycles. The van der Waals surface area contributed by atoms with Gasteiger partial charge in [0.15, 0.2) is 0 Å². The molecule has 1 fully saturated rings. The molecule has 1 aromatic carbocycles. The van der Waals surface area contributed by atoms with Gasteiger partial charge in [-0.2, -0.15) is 0 Å². The Balaban J connectivity index is 1.80. The minimum absolute atomic E-state index is 0.0629. The van der Waals surface area contributed by atoms with Gasteiger partial charge in [0.05, 0.1) is 22.7 Å². The van der Waals surface area contributed by atoms with Crippen LogP contribution < -0.4 is 16.4 Å². The Kier molecular flexibility index (Phi) is 3.63. The van der Waals surface area contributed by atoms with E-state index in [4.69, 9.17) is 17.3 Å². The summed E-state index contributed by atoms with van der Waals surface area (Å²) in [6.07, 6.45) is 4.77. The first kappa shape index (κ1) is 14.4. The van der Waals surface area contributed by atoms with E-state index in [1.807, 2.05) is 0 Å². The van der Waals surface area contributed by atoms with Gasteiger partial charge in [0, 0.05) is 5.69 Å². The second-order valence-corrected chi connectivity index (χ2v) is 6.29. The molecule has 0 aromatic heterocycles. The molecule has 21 heavy (non-hydrogen) atoms. The van der Waals surface area contributed by atoms with Crippen molar-refractivity contribution in [3.05, 3.63) is 22.7 Å². The highest BCUT2D eigenvalue weighted by atomic mass is 35.5. The first-order chi connectivity index (χ1) is 9.98. The molecule has 0 spiro atoms. The third kappa shape index (κ3) is 2.76. The number of rotatable bonds is 2. The number of carbonyl (C=O) groups is 2. The summed E-state index contributed by atoms with van der Waals surface area (Å²) in [5, 5.41) is 5.97. The highest BCUT2D eigenvalue weighted by molar-refractivity contribution is 6.34. The average Bonchev–Trinajstić information content (AvgIpc) is 2.79. The summed E-state index contributed by atoms with van der Waals surface area (Å²) in [6, 6.07) is 3.42. The molecule has 0 radical (unpaired) electrons. The lowest BCUT2D eigenvalue weighted by atomic mass is 9.82. The van der Waals surface area contributed by atoms with E-state index < -0.39 is 5.54 Å². The van der Waals surface area contributed by atoms with Crippen LogP contribution in [0.2, 0.25) is 5.02 Å². The van der Waals surface area contributed by atoms with Gasteiger partial charge in [-0.1, -0.05) is 30.9 Å². The zero-order valence-corrected chi connectivity index (χ0v) is 12.4. The van der Waals surface area contributed by atoms with Crippen molar-refractivity contribution < 1.29 is 9.59 Å². The minimum Gasteiger partial charge on any atom is -0.325 e. The summed E-state index contributed by atoms with van der Waals surface area (Å²) in [4.78, 5) is 23.8. The Labute approximate surface area is 128 Å². The van der Waals surface area contributed by atoms with Crippen LogP contribution in [0.3, 0.4) is 0 Å². The van der Waals surface area contributed by atoms with Crippen LogP contribution in [0.25, 0.3) is 0 Å². The molecule has 0 unspecified atom stereocenters. The van der Waals surface area contributed by atoms with Crippen molar-refractivity contribution in [1.82, 2.24) is 0 Å². The third-order valence-corrected chi connectivity index (χ3v) is 4.58. The normalized spacial score (nSPS) is 19.8. The Morgan fingerprint density at radius 2 is 2.00 bits per heavy atom. The molecule has 0 saturated heterocycles. The number of amides is 2. The zero-order valence-electron chi connectivity index (χ0n) is 11.7. The molecule has 0 bridgehead atoms. The Bertz CT molecular complexity index is 609. The van der Waals surface area contributed by atoms with Gasteiger partial charge >= 0.3 is 0 Å². The summed E-state index contributed by atoms with van der Waals surface area (Å²) in [6.45, 7) is 0. The van der Waals surface area contributed by atoms with Gasteiger partial charge in [-0.25, -0.2) is 0 Å². The van der Waals surface area contributed by atoms with E-state index in [-0.39, 0.29) is 11.8 Å². The third-order valence-electron chi connectivity index (χ3n) is 4.26. The Hall–Kier alpha value is -1.59. The van der Waals surface area contributed by atoms with Gasteiger partial charge in [0.25, 0.3) is 0 Å². The number of halogens is 1. The maximum Gasteiger partial charge on any atom is 0.244 e. The number of hydrogen-bond donors (Lipinski definition) is 3. The van der Waals surface area contributed by atoms with E-state index in [9.17, 15) is 9.59 Å². The molecule has 0 atom stereocenters. The molecular weight excluding hydrogens is 290 g/mol. The van der Waals surface area contributed by atoms with Crippen molar-refractivity contribution in [3.8, 4) is 0 Å². The maximum atomic E-state index is 12.4. The average molecular weight is 308 g/mol.